The van der Waals surface area contributed by atoms with Gasteiger partial charge in [-0.1, -0.05) is 19.8 Å². The predicted molar refractivity (Wildman–Crippen MR) is 62.9 cm³/mol. The summed E-state index contributed by atoms with van der Waals surface area (Å²) in [5, 5.41) is 3.74. The van der Waals surface area contributed by atoms with E-state index in [0.29, 0.717) is 12.1 Å². The first-order valence-electron chi connectivity index (χ1n) is 6.59. The molecule has 2 rings (SSSR count). The zero-order valence-electron chi connectivity index (χ0n) is 10.2. The minimum absolute atomic E-state index is 0.622. The minimum atomic E-state index is 0.622. The Morgan fingerprint density at radius 1 is 1.27 bits per heavy atom. The van der Waals surface area contributed by atoms with Gasteiger partial charge in [-0.25, -0.2) is 0 Å². The Hall–Kier alpha value is -0.0800. The summed E-state index contributed by atoms with van der Waals surface area (Å²) in [5.74, 6) is 1.84. The van der Waals surface area contributed by atoms with E-state index in [4.69, 9.17) is 4.74 Å². The number of hydrogen-bond donors (Lipinski definition) is 1. The third kappa shape index (κ3) is 3.18. The van der Waals surface area contributed by atoms with Crippen LogP contribution >= 0.6 is 0 Å². The fourth-order valence-electron chi connectivity index (χ4n) is 3.11. The van der Waals surface area contributed by atoms with Crippen molar-refractivity contribution in [3.63, 3.8) is 0 Å². The third-order valence-corrected chi connectivity index (χ3v) is 4.11. The van der Waals surface area contributed by atoms with Gasteiger partial charge in [0.1, 0.15) is 0 Å². The van der Waals surface area contributed by atoms with Crippen LogP contribution in [0, 0.1) is 11.8 Å². The van der Waals surface area contributed by atoms with E-state index in [2.05, 4.69) is 19.2 Å². The highest BCUT2D eigenvalue weighted by Crippen LogP contribution is 2.31. The molecule has 1 N–H and O–H groups in total. The lowest BCUT2D eigenvalue weighted by molar-refractivity contribution is 0.178. The van der Waals surface area contributed by atoms with Gasteiger partial charge in [0.25, 0.3) is 0 Å². The van der Waals surface area contributed by atoms with Crippen LogP contribution in [-0.2, 0) is 4.74 Å². The van der Waals surface area contributed by atoms with Crippen LogP contribution < -0.4 is 5.32 Å². The van der Waals surface area contributed by atoms with Gasteiger partial charge >= 0.3 is 0 Å². The van der Waals surface area contributed by atoms with E-state index in [-0.39, 0.29) is 0 Å². The van der Waals surface area contributed by atoms with Gasteiger partial charge in [-0.05, 0) is 38.0 Å². The van der Waals surface area contributed by atoms with E-state index in [1.807, 2.05) is 0 Å². The summed E-state index contributed by atoms with van der Waals surface area (Å²) in [5.41, 5.74) is 0. The number of nitrogens with one attached hydrogen (secondary N) is 1. The van der Waals surface area contributed by atoms with Crippen LogP contribution in [0.5, 0.6) is 0 Å². The molecule has 1 saturated heterocycles. The first-order chi connectivity index (χ1) is 7.25. The minimum Gasteiger partial charge on any atom is -0.380 e. The van der Waals surface area contributed by atoms with Crippen LogP contribution in [0.1, 0.15) is 46.0 Å². The molecule has 4 atom stereocenters. The van der Waals surface area contributed by atoms with E-state index >= 15 is 0 Å². The maximum atomic E-state index is 5.40. The molecule has 0 radical (unpaired) electrons. The average Bonchev–Trinajstić information content (AvgIpc) is 2.70. The molecule has 0 aromatic carbocycles. The van der Waals surface area contributed by atoms with Crippen LogP contribution in [0.3, 0.4) is 0 Å². The molecule has 1 aliphatic carbocycles. The predicted octanol–water partition coefficient (Wildman–Crippen LogP) is 2.58. The molecule has 2 aliphatic rings. The summed E-state index contributed by atoms with van der Waals surface area (Å²) >= 11 is 0. The Labute approximate surface area is 93.8 Å². The molecule has 1 aliphatic heterocycles. The van der Waals surface area contributed by atoms with Gasteiger partial charge in [0, 0.05) is 18.7 Å². The molecule has 0 spiro atoms. The van der Waals surface area contributed by atoms with Crippen LogP contribution in [-0.4, -0.2) is 25.3 Å². The van der Waals surface area contributed by atoms with Gasteiger partial charge in [-0.3, -0.25) is 0 Å². The van der Waals surface area contributed by atoms with Crippen LogP contribution in [0.15, 0.2) is 0 Å². The standard InChI is InChI=1S/C13H25NO/c1-10-4-3-5-12(8-10)11(2)14-13-6-7-15-9-13/h10-14H,3-9H2,1-2H3. The van der Waals surface area contributed by atoms with Crippen molar-refractivity contribution < 1.29 is 4.74 Å². The van der Waals surface area contributed by atoms with Crippen LogP contribution in [0.4, 0.5) is 0 Å². The number of rotatable bonds is 3. The van der Waals surface area contributed by atoms with E-state index in [1.54, 1.807) is 0 Å². The van der Waals surface area contributed by atoms with Crippen molar-refractivity contribution in [2.24, 2.45) is 11.8 Å². The lowest BCUT2D eigenvalue weighted by Crippen LogP contribution is -2.42. The molecular formula is C13H25NO. The lowest BCUT2D eigenvalue weighted by atomic mass is 9.79. The van der Waals surface area contributed by atoms with Crippen LogP contribution in [0.2, 0.25) is 0 Å². The van der Waals surface area contributed by atoms with Crippen LogP contribution in [0.25, 0.3) is 0 Å². The highest BCUT2D eigenvalue weighted by molar-refractivity contribution is 4.82. The monoisotopic (exact) mass is 211 g/mol. The molecule has 1 heterocycles. The average molecular weight is 211 g/mol. The summed E-state index contributed by atoms with van der Waals surface area (Å²) in [7, 11) is 0. The van der Waals surface area contributed by atoms with E-state index < -0.39 is 0 Å². The fourth-order valence-corrected chi connectivity index (χ4v) is 3.11. The lowest BCUT2D eigenvalue weighted by Gasteiger charge is -2.33. The van der Waals surface area contributed by atoms with Crippen molar-refractivity contribution in [3.8, 4) is 0 Å². The summed E-state index contributed by atoms with van der Waals surface area (Å²) in [6.07, 6.45) is 6.91. The number of ether oxygens (including phenoxy) is 1. The zero-order chi connectivity index (χ0) is 10.7. The van der Waals surface area contributed by atoms with Crippen molar-refractivity contribution in [2.75, 3.05) is 13.2 Å². The van der Waals surface area contributed by atoms with Crippen molar-refractivity contribution in [1.82, 2.24) is 5.32 Å². The second kappa shape index (κ2) is 5.31. The Kier molecular flexibility index (Phi) is 4.04. The first kappa shape index (κ1) is 11.4. The SMILES string of the molecule is CC1CCCC(C(C)NC2CCOC2)C1. The fraction of sp³-hybridized carbons (Fsp3) is 1.00. The molecule has 2 nitrogen and oxygen atoms in total. The molecule has 2 heteroatoms. The summed E-state index contributed by atoms with van der Waals surface area (Å²) in [4.78, 5) is 0. The molecule has 2 fully saturated rings. The normalized spacial score (nSPS) is 39.2. The molecule has 15 heavy (non-hydrogen) atoms. The van der Waals surface area contributed by atoms with Gasteiger partial charge < -0.3 is 10.1 Å². The van der Waals surface area contributed by atoms with Gasteiger partial charge in [0.15, 0.2) is 0 Å². The van der Waals surface area contributed by atoms with Gasteiger partial charge in [-0.2, -0.15) is 0 Å². The second-order valence-corrected chi connectivity index (χ2v) is 5.55. The van der Waals surface area contributed by atoms with E-state index in [9.17, 15) is 0 Å². The molecule has 0 bridgehead atoms. The molecule has 4 unspecified atom stereocenters. The Morgan fingerprint density at radius 2 is 2.13 bits per heavy atom. The van der Waals surface area contributed by atoms with E-state index in [1.165, 1.54) is 32.1 Å². The maximum Gasteiger partial charge on any atom is 0.0620 e. The first-order valence-corrected chi connectivity index (χ1v) is 6.59. The maximum absolute atomic E-state index is 5.40. The molecule has 88 valence electrons. The van der Waals surface area contributed by atoms with Gasteiger partial charge in [0.05, 0.1) is 6.61 Å². The molecule has 1 saturated carbocycles. The second-order valence-electron chi connectivity index (χ2n) is 5.55. The quantitative estimate of drug-likeness (QED) is 0.774. The number of hydrogen-bond acceptors (Lipinski definition) is 2. The molecule has 0 aromatic heterocycles. The largest absolute Gasteiger partial charge is 0.380 e. The highest BCUT2D eigenvalue weighted by Gasteiger charge is 2.26. The van der Waals surface area contributed by atoms with E-state index in [0.717, 1.165) is 25.0 Å². The topological polar surface area (TPSA) is 21.3 Å². The van der Waals surface area contributed by atoms with Gasteiger partial charge in [0.2, 0.25) is 0 Å². The van der Waals surface area contributed by atoms with Crippen molar-refractivity contribution >= 4 is 0 Å². The zero-order valence-corrected chi connectivity index (χ0v) is 10.2. The van der Waals surface area contributed by atoms with Gasteiger partial charge in [-0.15, -0.1) is 0 Å². The Balaban J connectivity index is 1.76. The molecule has 0 aromatic rings. The van der Waals surface area contributed by atoms with Crippen molar-refractivity contribution in [3.05, 3.63) is 0 Å². The summed E-state index contributed by atoms with van der Waals surface area (Å²) in [6, 6.07) is 1.30. The Bertz CT molecular complexity index is 189. The summed E-state index contributed by atoms with van der Waals surface area (Å²) < 4.78 is 5.40. The summed E-state index contributed by atoms with van der Waals surface area (Å²) in [6.45, 7) is 6.64. The smallest absolute Gasteiger partial charge is 0.0620 e. The highest BCUT2D eigenvalue weighted by atomic mass is 16.5. The molecular weight excluding hydrogens is 186 g/mol. The van der Waals surface area contributed by atoms with Crippen molar-refractivity contribution in [1.29, 1.82) is 0 Å². The molecule has 0 amide bonds. The van der Waals surface area contributed by atoms with Crippen molar-refractivity contribution in [2.45, 2.75) is 58.0 Å². The third-order valence-electron chi connectivity index (χ3n) is 4.11. The Morgan fingerprint density at radius 3 is 2.80 bits per heavy atom.